The Morgan fingerprint density at radius 2 is 1.89 bits per heavy atom. The Bertz CT molecular complexity index is 837. The van der Waals surface area contributed by atoms with E-state index in [-0.39, 0.29) is 18.2 Å². The Kier molecular flexibility index (Phi) is 6.13. The van der Waals surface area contributed by atoms with Gasteiger partial charge in [0, 0.05) is 13.5 Å². The molecule has 7 heteroatoms. The minimum absolute atomic E-state index is 0.0975. The van der Waals surface area contributed by atoms with Gasteiger partial charge in [-0.15, -0.1) is 0 Å². The number of rotatable bonds is 6. The van der Waals surface area contributed by atoms with Crippen LogP contribution in [-0.4, -0.2) is 41.3 Å². The summed E-state index contributed by atoms with van der Waals surface area (Å²) in [7, 11) is 3.18. The lowest BCUT2D eigenvalue weighted by atomic mass is 10.2. The van der Waals surface area contributed by atoms with Crippen LogP contribution in [0.15, 0.2) is 59.6 Å². The maximum atomic E-state index is 12.9. The van der Waals surface area contributed by atoms with E-state index >= 15 is 0 Å². The van der Waals surface area contributed by atoms with Crippen molar-refractivity contribution in [2.75, 3.05) is 14.2 Å². The molecule has 6 nitrogen and oxygen atoms in total. The van der Waals surface area contributed by atoms with Crippen molar-refractivity contribution in [1.29, 1.82) is 0 Å². The molecule has 1 heterocycles. The van der Waals surface area contributed by atoms with E-state index in [1.54, 1.807) is 19.1 Å². The van der Waals surface area contributed by atoms with Crippen molar-refractivity contribution >= 4 is 34.4 Å². The first-order valence-corrected chi connectivity index (χ1v) is 9.44. The molecule has 2 aromatic carbocycles. The molecule has 0 aromatic heterocycles. The molecular formula is C20H21N3O3S. The summed E-state index contributed by atoms with van der Waals surface area (Å²) in [5, 5.41) is 2.71. The summed E-state index contributed by atoms with van der Waals surface area (Å²) in [4.78, 5) is 30.9. The summed E-state index contributed by atoms with van der Waals surface area (Å²) in [6.45, 7) is 0.423. The number of nitrogens with one attached hydrogen (secondary N) is 1. The first kappa shape index (κ1) is 19.0. The van der Waals surface area contributed by atoms with Gasteiger partial charge in [-0.05, 0) is 29.8 Å². The lowest BCUT2D eigenvalue weighted by Crippen LogP contribution is -2.33. The lowest BCUT2D eigenvalue weighted by molar-refractivity contribution is -0.129. The minimum atomic E-state index is -0.467. The van der Waals surface area contributed by atoms with Gasteiger partial charge in [0.05, 0.1) is 19.3 Å². The second-order valence-electron chi connectivity index (χ2n) is 5.99. The Labute approximate surface area is 162 Å². The molecule has 0 spiro atoms. The number of amidine groups is 1. The van der Waals surface area contributed by atoms with Crippen molar-refractivity contribution in [2.24, 2.45) is 4.99 Å². The Balaban J connectivity index is 1.87. The van der Waals surface area contributed by atoms with E-state index < -0.39 is 5.25 Å². The molecule has 1 N–H and O–H groups in total. The second-order valence-corrected chi connectivity index (χ2v) is 7.16. The fraction of sp³-hybridized carbons (Fsp3) is 0.250. The van der Waals surface area contributed by atoms with E-state index in [2.05, 4.69) is 10.3 Å². The molecule has 1 atom stereocenters. The highest BCUT2D eigenvalue weighted by Crippen LogP contribution is 2.33. The number of ether oxygens (including phenoxy) is 1. The van der Waals surface area contributed by atoms with Gasteiger partial charge in [-0.2, -0.15) is 0 Å². The van der Waals surface area contributed by atoms with Crippen LogP contribution in [-0.2, 0) is 16.1 Å². The third kappa shape index (κ3) is 4.68. The smallest absolute Gasteiger partial charge is 0.242 e. The highest BCUT2D eigenvalue weighted by Gasteiger charge is 2.39. The summed E-state index contributed by atoms with van der Waals surface area (Å²) in [5.41, 5.74) is 1.74. The Hall–Kier alpha value is -2.80. The molecule has 140 valence electrons. The van der Waals surface area contributed by atoms with Crippen molar-refractivity contribution in [3.8, 4) is 5.75 Å². The van der Waals surface area contributed by atoms with E-state index in [4.69, 9.17) is 4.74 Å². The van der Waals surface area contributed by atoms with Gasteiger partial charge in [-0.25, -0.2) is 4.99 Å². The second kappa shape index (κ2) is 8.73. The van der Waals surface area contributed by atoms with Gasteiger partial charge in [0.25, 0.3) is 0 Å². The Morgan fingerprint density at radius 1 is 1.19 bits per heavy atom. The van der Waals surface area contributed by atoms with Crippen LogP contribution < -0.4 is 10.1 Å². The molecule has 1 fully saturated rings. The molecule has 0 radical (unpaired) electrons. The normalized spacial score (nSPS) is 18.0. The molecule has 1 aliphatic rings. The van der Waals surface area contributed by atoms with Crippen molar-refractivity contribution in [3.05, 3.63) is 60.2 Å². The zero-order chi connectivity index (χ0) is 19.2. The average Bonchev–Trinajstić information content (AvgIpc) is 2.98. The third-order valence-corrected chi connectivity index (χ3v) is 5.33. The Morgan fingerprint density at radius 3 is 2.52 bits per heavy atom. The first-order valence-electron chi connectivity index (χ1n) is 8.56. The molecule has 1 aliphatic heterocycles. The molecule has 27 heavy (non-hydrogen) atoms. The zero-order valence-electron chi connectivity index (χ0n) is 15.2. The van der Waals surface area contributed by atoms with E-state index in [1.165, 1.54) is 11.8 Å². The third-order valence-electron chi connectivity index (χ3n) is 4.15. The fourth-order valence-electron chi connectivity index (χ4n) is 2.67. The molecule has 0 bridgehead atoms. The topological polar surface area (TPSA) is 71.0 Å². The van der Waals surface area contributed by atoms with Gasteiger partial charge in [0.15, 0.2) is 5.17 Å². The molecule has 2 aromatic rings. The largest absolute Gasteiger partial charge is 0.497 e. The summed E-state index contributed by atoms with van der Waals surface area (Å²) in [6, 6.07) is 17.1. The monoisotopic (exact) mass is 383 g/mol. The van der Waals surface area contributed by atoms with Crippen LogP contribution in [0.25, 0.3) is 0 Å². The number of aliphatic imine (C=N–C) groups is 1. The highest BCUT2D eigenvalue weighted by molar-refractivity contribution is 8.15. The van der Waals surface area contributed by atoms with Crippen molar-refractivity contribution in [3.63, 3.8) is 0 Å². The molecule has 2 amide bonds. The number of hydrogen-bond acceptors (Lipinski definition) is 5. The molecule has 3 rings (SSSR count). The summed E-state index contributed by atoms with van der Waals surface area (Å²) in [6.07, 6.45) is 0.132. The molecule has 1 saturated heterocycles. The van der Waals surface area contributed by atoms with Gasteiger partial charge in [0.1, 0.15) is 11.0 Å². The molecule has 0 aliphatic carbocycles. The number of amides is 2. The van der Waals surface area contributed by atoms with E-state index in [1.807, 2.05) is 54.6 Å². The maximum absolute atomic E-state index is 12.9. The van der Waals surface area contributed by atoms with Crippen LogP contribution in [0.5, 0.6) is 5.75 Å². The molecular weight excluding hydrogens is 362 g/mol. The van der Waals surface area contributed by atoms with Crippen molar-refractivity contribution in [2.45, 2.75) is 18.2 Å². The van der Waals surface area contributed by atoms with Gasteiger partial charge >= 0.3 is 0 Å². The van der Waals surface area contributed by atoms with Gasteiger partial charge in [-0.3, -0.25) is 14.5 Å². The number of nitrogens with zero attached hydrogens (tertiary/aromatic N) is 2. The summed E-state index contributed by atoms with van der Waals surface area (Å²) >= 11 is 1.33. The van der Waals surface area contributed by atoms with Crippen LogP contribution in [0.2, 0.25) is 0 Å². The van der Waals surface area contributed by atoms with Crippen molar-refractivity contribution < 1.29 is 14.3 Å². The number of benzene rings is 2. The number of methoxy groups -OCH3 is 1. The quantitative estimate of drug-likeness (QED) is 0.833. The van der Waals surface area contributed by atoms with Crippen molar-refractivity contribution in [1.82, 2.24) is 10.2 Å². The molecule has 0 saturated carbocycles. The van der Waals surface area contributed by atoms with Crippen LogP contribution in [0.1, 0.15) is 12.0 Å². The van der Waals surface area contributed by atoms with Gasteiger partial charge in [-0.1, -0.05) is 42.1 Å². The van der Waals surface area contributed by atoms with E-state index in [0.29, 0.717) is 11.7 Å². The molecule has 1 unspecified atom stereocenters. The van der Waals surface area contributed by atoms with Gasteiger partial charge in [0.2, 0.25) is 11.8 Å². The number of carbonyl (C=O) groups excluding carboxylic acids is 2. The minimum Gasteiger partial charge on any atom is -0.497 e. The standard InChI is InChI=1S/C20H21N3O3S/c1-21-18(24)12-17-19(25)23(13-14-6-4-3-5-7-14)20(27-17)22-15-8-10-16(26-2)11-9-15/h3-11,17H,12-13H2,1-2H3,(H,21,24). The first-order chi connectivity index (χ1) is 13.1. The predicted octanol–water partition coefficient (Wildman–Crippen LogP) is 2.96. The van der Waals surface area contributed by atoms with E-state index in [0.717, 1.165) is 17.0 Å². The average molecular weight is 383 g/mol. The number of thioether (sulfide) groups is 1. The number of carbonyl (C=O) groups is 2. The fourth-order valence-corrected chi connectivity index (χ4v) is 3.83. The van der Waals surface area contributed by atoms with E-state index in [9.17, 15) is 9.59 Å². The van der Waals surface area contributed by atoms with Gasteiger partial charge < -0.3 is 10.1 Å². The van der Waals surface area contributed by atoms with Crippen LogP contribution in [0, 0.1) is 0 Å². The zero-order valence-corrected chi connectivity index (χ0v) is 16.0. The van der Waals surface area contributed by atoms with Crippen LogP contribution in [0.4, 0.5) is 5.69 Å². The van der Waals surface area contributed by atoms with Crippen LogP contribution >= 0.6 is 11.8 Å². The summed E-state index contributed by atoms with van der Waals surface area (Å²) in [5.74, 6) is 0.485. The SMILES string of the molecule is CNC(=O)CC1SC(=Nc2ccc(OC)cc2)N(Cc2ccccc2)C1=O. The maximum Gasteiger partial charge on any atom is 0.242 e. The number of hydrogen-bond donors (Lipinski definition) is 1. The predicted molar refractivity (Wildman–Crippen MR) is 107 cm³/mol. The van der Waals surface area contributed by atoms with Crippen LogP contribution in [0.3, 0.4) is 0 Å². The highest BCUT2D eigenvalue weighted by atomic mass is 32.2. The lowest BCUT2D eigenvalue weighted by Gasteiger charge is -2.16. The summed E-state index contributed by atoms with van der Waals surface area (Å²) < 4.78 is 5.17.